The molecule has 26 heavy (non-hydrogen) atoms. The van der Waals surface area contributed by atoms with E-state index in [9.17, 15) is 9.59 Å². The first-order chi connectivity index (χ1) is 12.6. The number of amides is 1. The van der Waals surface area contributed by atoms with Crippen LogP contribution in [-0.4, -0.2) is 29.9 Å². The van der Waals surface area contributed by atoms with Crippen molar-refractivity contribution < 1.29 is 14.7 Å². The molecule has 2 aromatic rings. The number of carbonyl (C=O) groups is 2. The summed E-state index contributed by atoms with van der Waals surface area (Å²) in [6, 6.07) is 17.6. The fraction of sp³-hybridized carbons (Fsp3) is 0.333. The number of para-hydroxylation sites is 1. The van der Waals surface area contributed by atoms with Crippen molar-refractivity contribution in [3.8, 4) is 0 Å². The molecule has 5 nitrogen and oxygen atoms in total. The van der Waals surface area contributed by atoms with Gasteiger partial charge in [0.1, 0.15) is 5.78 Å². The summed E-state index contributed by atoms with van der Waals surface area (Å²) in [5, 5.41) is 11.9. The Balaban J connectivity index is 1.95. The third-order valence-corrected chi connectivity index (χ3v) is 4.05. The predicted molar refractivity (Wildman–Crippen MR) is 103 cm³/mol. The van der Waals surface area contributed by atoms with Gasteiger partial charge in [0.05, 0.1) is 13.1 Å². The van der Waals surface area contributed by atoms with Gasteiger partial charge in [-0.05, 0) is 29.7 Å². The lowest BCUT2D eigenvalue weighted by Crippen LogP contribution is -2.27. The highest BCUT2D eigenvalue weighted by Crippen LogP contribution is 2.17. The van der Waals surface area contributed by atoms with Crippen molar-refractivity contribution in [2.75, 3.05) is 18.1 Å². The van der Waals surface area contributed by atoms with Gasteiger partial charge in [-0.1, -0.05) is 42.5 Å². The molecule has 0 saturated carbocycles. The second-order valence-corrected chi connectivity index (χ2v) is 6.23. The minimum absolute atomic E-state index is 0.00536. The molecule has 2 rings (SSSR count). The zero-order valence-corrected chi connectivity index (χ0v) is 15.1. The quantitative estimate of drug-likeness (QED) is 0.688. The maximum absolute atomic E-state index is 12.0. The number of ketones is 1. The third-order valence-electron chi connectivity index (χ3n) is 4.05. The van der Waals surface area contributed by atoms with Gasteiger partial charge >= 0.3 is 0 Å². The monoisotopic (exact) mass is 354 g/mol. The molecular weight excluding hydrogens is 328 g/mol. The zero-order valence-electron chi connectivity index (χ0n) is 15.1. The predicted octanol–water partition coefficient (Wildman–Crippen LogP) is 2.67. The number of carbonyl (C=O) groups excluding carboxylic acids is 2. The van der Waals surface area contributed by atoms with Crippen LogP contribution >= 0.6 is 0 Å². The lowest BCUT2D eigenvalue weighted by atomic mass is 10.1. The highest BCUT2D eigenvalue weighted by atomic mass is 16.3. The van der Waals surface area contributed by atoms with E-state index < -0.39 is 0 Å². The molecule has 0 bridgehead atoms. The van der Waals surface area contributed by atoms with E-state index in [0.29, 0.717) is 32.5 Å². The fourth-order valence-corrected chi connectivity index (χ4v) is 2.72. The Morgan fingerprint density at radius 1 is 1.04 bits per heavy atom. The molecular formula is C21H26N2O3. The van der Waals surface area contributed by atoms with Crippen molar-refractivity contribution in [2.24, 2.45) is 0 Å². The van der Waals surface area contributed by atoms with Gasteiger partial charge < -0.3 is 15.3 Å². The normalized spacial score (nSPS) is 10.5. The fourth-order valence-electron chi connectivity index (χ4n) is 2.72. The molecule has 0 saturated heterocycles. The summed E-state index contributed by atoms with van der Waals surface area (Å²) in [5.74, 6) is 0.0937. The highest BCUT2D eigenvalue weighted by Gasteiger charge is 2.12. The number of aliphatic hydroxyl groups is 1. The van der Waals surface area contributed by atoms with Crippen LogP contribution in [0.5, 0.6) is 0 Å². The Bertz CT molecular complexity index is 716. The van der Waals surface area contributed by atoms with Gasteiger partial charge in [-0.2, -0.15) is 0 Å². The number of nitrogens with one attached hydrogen (secondary N) is 1. The minimum atomic E-state index is -0.00536. The lowest BCUT2D eigenvalue weighted by Gasteiger charge is -2.21. The summed E-state index contributed by atoms with van der Waals surface area (Å²) in [6.45, 7) is 3.00. The lowest BCUT2D eigenvalue weighted by molar-refractivity contribution is -0.118. The van der Waals surface area contributed by atoms with Crippen LogP contribution in [0, 0.1) is 0 Å². The van der Waals surface area contributed by atoms with Crippen LogP contribution in [-0.2, 0) is 22.7 Å². The number of rotatable bonds is 10. The summed E-state index contributed by atoms with van der Waals surface area (Å²) >= 11 is 0. The van der Waals surface area contributed by atoms with Crippen LogP contribution in [0.3, 0.4) is 0 Å². The summed E-state index contributed by atoms with van der Waals surface area (Å²) in [5.41, 5.74) is 2.97. The van der Waals surface area contributed by atoms with Crippen LogP contribution in [0.15, 0.2) is 54.6 Å². The molecule has 0 radical (unpaired) electrons. The van der Waals surface area contributed by atoms with Gasteiger partial charge in [0.2, 0.25) is 5.91 Å². The third kappa shape index (κ3) is 6.43. The van der Waals surface area contributed by atoms with Crippen LogP contribution < -0.4 is 10.2 Å². The summed E-state index contributed by atoms with van der Waals surface area (Å²) < 4.78 is 0. The number of Topliss-reactive ketones (excluding diaryl/α,β-unsaturated/α-hetero) is 1. The van der Waals surface area contributed by atoms with E-state index in [-0.39, 0.29) is 18.3 Å². The first-order valence-electron chi connectivity index (χ1n) is 8.84. The van der Waals surface area contributed by atoms with Gasteiger partial charge in [0, 0.05) is 32.2 Å². The summed E-state index contributed by atoms with van der Waals surface area (Å²) in [7, 11) is 0. The number of nitrogens with zero attached hydrogens (tertiary/aromatic N) is 1. The molecule has 138 valence electrons. The molecule has 0 aliphatic heterocycles. The number of benzene rings is 2. The van der Waals surface area contributed by atoms with Crippen molar-refractivity contribution >= 4 is 17.4 Å². The number of hydrogen-bond acceptors (Lipinski definition) is 4. The molecule has 2 aromatic carbocycles. The van der Waals surface area contributed by atoms with Crippen LogP contribution in [0.1, 0.15) is 30.9 Å². The van der Waals surface area contributed by atoms with Gasteiger partial charge in [-0.25, -0.2) is 0 Å². The smallest absolute Gasteiger partial charge is 0.224 e. The largest absolute Gasteiger partial charge is 0.396 e. The second-order valence-electron chi connectivity index (χ2n) is 6.23. The van der Waals surface area contributed by atoms with Crippen molar-refractivity contribution in [3.05, 3.63) is 65.7 Å². The topological polar surface area (TPSA) is 69.6 Å². The molecule has 1 amide bonds. The van der Waals surface area contributed by atoms with E-state index in [2.05, 4.69) is 5.32 Å². The van der Waals surface area contributed by atoms with Crippen LogP contribution in [0.25, 0.3) is 0 Å². The molecule has 0 heterocycles. The Morgan fingerprint density at radius 2 is 1.77 bits per heavy atom. The number of aliphatic hydroxyl groups excluding tert-OH is 1. The average molecular weight is 354 g/mol. The molecule has 0 atom stereocenters. The van der Waals surface area contributed by atoms with Crippen molar-refractivity contribution in [1.82, 2.24) is 5.32 Å². The molecule has 5 heteroatoms. The number of anilines is 1. The maximum Gasteiger partial charge on any atom is 0.224 e. The Morgan fingerprint density at radius 3 is 2.46 bits per heavy atom. The van der Waals surface area contributed by atoms with Crippen molar-refractivity contribution in [2.45, 2.75) is 32.9 Å². The molecule has 2 N–H and O–H groups in total. The molecule has 0 aliphatic carbocycles. The van der Waals surface area contributed by atoms with E-state index in [1.54, 1.807) is 11.8 Å². The molecule has 0 unspecified atom stereocenters. The van der Waals surface area contributed by atoms with E-state index >= 15 is 0 Å². The minimum Gasteiger partial charge on any atom is -0.396 e. The van der Waals surface area contributed by atoms with Crippen molar-refractivity contribution in [3.63, 3.8) is 0 Å². The molecule has 0 aromatic heterocycles. The van der Waals surface area contributed by atoms with E-state index in [4.69, 9.17) is 5.11 Å². The first kappa shape index (κ1) is 19.8. The maximum atomic E-state index is 12.0. The highest BCUT2D eigenvalue weighted by molar-refractivity contribution is 5.91. The Labute approximate surface area is 154 Å². The Kier molecular flexibility index (Phi) is 7.99. The van der Waals surface area contributed by atoms with Gasteiger partial charge in [-0.15, -0.1) is 0 Å². The number of hydrogen-bond donors (Lipinski definition) is 2. The molecule has 0 fully saturated rings. The van der Waals surface area contributed by atoms with Gasteiger partial charge in [0.25, 0.3) is 0 Å². The first-order valence-corrected chi connectivity index (χ1v) is 8.84. The van der Waals surface area contributed by atoms with Crippen LogP contribution in [0.2, 0.25) is 0 Å². The van der Waals surface area contributed by atoms with Crippen molar-refractivity contribution in [1.29, 1.82) is 0 Å². The Hall–Kier alpha value is -2.50. The standard InChI is InChI=1S/C21H26N2O3/c1-17(25)23(20-9-3-2-4-10-20)16-19-8-5-7-18(13-19)14-22-15-21(26)11-6-12-24/h2-5,7-10,13,22,24H,6,11-12,14-16H2,1H3. The zero-order chi connectivity index (χ0) is 18.8. The molecule has 0 spiro atoms. The van der Waals surface area contributed by atoms with Crippen LogP contribution in [0.4, 0.5) is 5.69 Å². The van der Waals surface area contributed by atoms with E-state index in [1.807, 2.05) is 54.6 Å². The summed E-state index contributed by atoms with van der Waals surface area (Å²) in [6.07, 6.45) is 0.907. The van der Waals surface area contributed by atoms with E-state index in [0.717, 1.165) is 16.8 Å². The molecule has 0 aliphatic rings. The summed E-state index contributed by atoms with van der Waals surface area (Å²) in [4.78, 5) is 25.4. The second kappa shape index (κ2) is 10.5. The van der Waals surface area contributed by atoms with Gasteiger partial charge in [-0.3, -0.25) is 9.59 Å². The SMILES string of the molecule is CC(=O)N(Cc1cccc(CNCC(=O)CCCO)c1)c1ccccc1. The van der Waals surface area contributed by atoms with Gasteiger partial charge in [0.15, 0.2) is 0 Å². The van der Waals surface area contributed by atoms with E-state index in [1.165, 1.54) is 0 Å². The average Bonchev–Trinajstić information content (AvgIpc) is 2.65.